The summed E-state index contributed by atoms with van der Waals surface area (Å²) in [5.74, 6) is 7.31. The van der Waals surface area contributed by atoms with Gasteiger partial charge in [0.2, 0.25) is 0 Å². The maximum absolute atomic E-state index is 5.83. The molecule has 0 aromatic heterocycles. The number of rotatable bonds is 3. The van der Waals surface area contributed by atoms with Crippen molar-refractivity contribution in [2.75, 3.05) is 0 Å². The molecule has 4 heteroatoms. The first kappa shape index (κ1) is 14.8. The smallest absolute Gasteiger partial charge is 0.0499 e. The Hall–Kier alpha value is 0.350. The van der Waals surface area contributed by atoms with Crippen LogP contribution in [0.5, 0.6) is 0 Å². The molecule has 18 heavy (non-hydrogen) atoms. The Labute approximate surface area is 131 Å². The molecule has 1 aromatic rings. The zero-order valence-electron chi connectivity index (χ0n) is 10.6. The number of nitrogens with one attached hydrogen (secondary N) is 1. The van der Waals surface area contributed by atoms with E-state index in [0.717, 1.165) is 10.4 Å². The van der Waals surface area contributed by atoms with Crippen molar-refractivity contribution >= 4 is 38.5 Å². The van der Waals surface area contributed by atoms with Crippen LogP contribution in [0.3, 0.4) is 0 Å². The van der Waals surface area contributed by atoms with Gasteiger partial charge < -0.3 is 0 Å². The lowest BCUT2D eigenvalue weighted by molar-refractivity contribution is 0.224. The van der Waals surface area contributed by atoms with Crippen molar-refractivity contribution in [1.82, 2.24) is 5.43 Å². The van der Waals surface area contributed by atoms with Crippen molar-refractivity contribution in [3.8, 4) is 0 Å². The van der Waals surface area contributed by atoms with Gasteiger partial charge in [0.05, 0.1) is 0 Å². The van der Waals surface area contributed by atoms with E-state index in [1.54, 1.807) is 0 Å². The van der Waals surface area contributed by atoms with E-state index < -0.39 is 0 Å². The minimum absolute atomic E-state index is 0.275. The van der Waals surface area contributed by atoms with Crippen LogP contribution in [-0.4, -0.2) is 0 Å². The Morgan fingerprint density at radius 3 is 2.89 bits per heavy atom. The number of hydrazine groups is 1. The molecular weight excluding hydrogens is 403 g/mol. The van der Waals surface area contributed by atoms with Gasteiger partial charge in [0, 0.05) is 14.1 Å². The molecule has 0 saturated heterocycles. The van der Waals surface area contributed by atoms with Crippen molar-refractivity contribution in [1.29, 1.82) is 0 Å². The monoisotopic (exact) mass is 422 g/mol. The molecule has 3 N–H and O–H groups in total. The van der Waals surface area contributed by atoms with Crippen molar-refractivity contribution in [3.63, 3.8) is 0 Å². The number of nitrogens with two attached hydrogens (primary N) is 1. The second kappa shape index (κ2) is 6.68. The summed E-state index contributed by atoms with van der Waals surface area (Å²) in [6, 6.07) is 6.71. The zero-order chi connectivity index (χ0) is 13.1. The Morgan fingerprint density at radius 2 is 2.22 bits per heavy atom. The first-order valence-corrected chi connectivity index (χ1v) is 8.40. The van der Waals surface area contributed by atoms with Crippen LogP contribution < -0.4 is 11.3 Å². The molecule has 100 valence electrons. The normalized spacial score (nSPS) is 26.0. The highest BCUT2D eigenvalue weighted by molar-refractivity contribution is 14.1. The van der Waals surface area contributed by atoms with Gasteiger partial charge in [-0.25, -0.2) is 0 Å². The highest BCUT2D eigenvalue weighted by Gasteiger charge is 2.28. The summed E-state index contributed by atoms with van der Waals surface area (Å²) in [5.41, 5.74) is 4.38. The molecule has 2 nitrogen and oxygen atoms in total. The van der Waals surface area contributed by atoms with Crippen LogP contribution in [-0.2, 0) is 0 Å². The third kappa shape index (κ3) is 3.46. The van der Waals surface area contributed by atoms with Gasteiger partial charge in [0.25, 0.3) is 0 Å². The lowest BCUT2D eigenvalue weighted by Crippen LogP contribution is -2.36. The molecule has 1 aliphatic carbocycles. The number of hydrogen-bond acceptors (Lipinski definition) is 2. The highest BCUT2D eigenvalue weighted by atomic mass is 127. The molecule has 1 aromatic carbocycles. The zero-order valence-corrected chi connectivity index (χ0v) is 14.4. The molecule has 0 spiro atoms. The Bertz CT molecular complexity index is 411. The van der Waals surface area contributed by atoms with E-state index in [1.807, 2.05) is 0 Å². The van der Waals surface area contributed by atoms with E-state index in [-0.39, 0.29) is 6.04 Å². The number of hydrogen-bond donors (Lipinski definition) is 2. The maximum Gasteiger partial charge on any atom is 0.0499 e. The first-order valence-electron chi connectivity index (χ1n) is 6.53. The molecule has 2 rings (SSSR count). The van der Waals surface area contributed by atoms with Gasteiger partial charge in [0.1, 0.15) is 0 Å². The fourth-order valence-electron chi connectivity index (χ4n) is 3.02. The van der Waals surface area contributed by atoms with Gasteiger partial charge in [-0.1, -0.05) is 35.7 Å². The van der Waals surface area contributed by atoms with Crippen LogP contribution in [0.4, 0.5) is 0 Å². The van der Waals surface area contributed by atoms with Crippen LogP contribution in [0.25, 0.3) is 0 Å². The predicted octanol–water partition coefficient (Wildman–Crippen LogP) is 4.38. The molecule has 0 heterocycles. The molecule has 0 amide bonds. The van der Waals surface area contributed by atoms with Crippen molar-refractivity contribution in [3.05, 3.63) is 31.8 Å². The SMILES string of the molecule is CC1CCCC(C(NN)c2cc(Br)ccc2I)C1. The van der Waals surface area contributed by atoms with Crippen LogP contribution in [0.1, 0.15) is 44.2 Å². The van der Waals surface area contributed by atoms with Gasteiger partial charge in [-0.2, -0.15) is 0 Å². The number of benzene rings is 1. The van der Waals surface area contributed by atoms with Crippen LogP contribution >= 0.6 is 38.5 Å². The fourth-order valence-corrected chi connectivity index (χ4v) is 4.07. The molecule has 1 saturated carbocycles. The summed E-state index contributed by atoms with van der Waals surface area (Å²) in [6.07, 6.45) is 5.25. The summed E-state index contributed by atoms with van der Waals surface area (Å²) < 4.78 is 2.42. The minimum Gasteiger partial charge on any atom is -0.271 e. The van der Waals surface area contributed by atoms with E-state index in [2.05, 4.69) is 69.1 Å². The first-order chi connectivity index (χ1) is 8.61. The Morgan fingerprint density at radius 1 is 1.44 bits per heavy atom. The van der Waals surface area contributed by atoms with Gasteiger partial charge in [-0.3, -0.25) is 11.3 Å². The summed E-state index contributed by atoms with van der Waals surface area (Å²) >= 11 is 5.96. The average molecular weight is 423 g/mol. The number of halogens is 2. The van der Waals surface area contributed by atoms with E-state index in [1.165, 1.54) is 34.8 Å². The topological polar surface area (TPSA) is 38.0 Å². The van der Waals surface area contributed by atoms with E-state index in [0.29, 0.717) is 5.92 Å². The van der Waals surface area contributed by atoms with Crippen LogP contribution in [0.15, 0.2) is 22.7 Å². The average Bonchev–Trinajstić information content (AvgIpc) is 2.35. The predicted molar refractivity (Wildman–Crippen MR) is 88.0 cm³/mol. The Balaban J connectivity index is 2.24. The van der Waals surface area contributed by atoms with Crippen molar-refractivity contribution in [2.45, 2.75) is 38.6 Å². The lowest BCUT2D eigenvalue weighted by Gasteiger charge is -2.33. The molecule has 0 radical (unpaired) electrons. The molecule has 3 atom stereocenters. The van der Waals surface area contributed by atoms with Gasteiger partial charge >= 0.3 is 0 Å². The second-order valence-electron chi connectivity index (χ2n) is 5.34. The summed E-state index contributed by atoms with van der Waals surface area (Å²) in [5, 5.41) is 0. The van der Waals surface area contributed by atoms with Crippen molar-refractivity contribution in [2.24, 2.45) is 17.7 Å². The molecule has 3 unspecified atom stereocenters. The summed E-state index contributed by atoms with van der Waals surface area (Å²) in [7, 11) is 0. The molecular formula is C14H20BrIN2. The largest absolute Gasteiger partial charge is 0.271 e. The lowest BCUT2D eigenvalue weighted by atomic mass is 9.77. The minimum atomic E-state index is 0.275. The fraction of sp³-hybridized carbons (Fsp3) is 0.571. The molecule has 0 aliphatic heterocycles. The molecule has 1 aliphatic rings. The van der Waals surface area contributed by atoms with Crippen molar-refractivity contribution < 1.29 is 0 Å². The van der Waals surface area contributed by atoms with E-state index in [4.69, 9.17) is 5.84 Å². The van der Waals surface area contributed by atoms with Gasteiger partial charge in [-0.15, -0.1) is 0 Å². The third-order valence-electron chi connectivity index (χ3n) is 3.92. The Kier molecular flexibility index (Phi) is 5.47. The quantitative estimate of drug-likeness (QED) is 0.430. The molecule has 0 bridgehead atoms. The van der Waals surface area contributed by atoms with Gasteiger partial charge in [0.15, 0.2) is 0 Å². The standard InChI is InChI=1S/C14H20BrIN2/c1-9-3-2-4-10(7-9)14(18-17)12-8-11(15)5-6-13(12)16/h5-6,8-10,14,18H,2-4,7,17H2,1H3. The van der Waals surface area contributed by atoms with E-state index >= 15 is 0 Å². The van der Waals surface area contributed by atoms with E-state index in [9.17, 15) is 0 Å². The second-order valence-corrected chi connectivity index (χ2v) is 7.42. The van der Waals surface area contributed by atoms with Gasteiger partial charge in [-0.05, 0) is 71.0 Å². The summed E-state index contributed by atoms with van der Waals surface area (Å²) in [4.78, 5) is 0. The maximum atomic E-state index is 5.83. The van der Waals surface area contributed by atoms with Crippen LogP contribution in [0.2, 0.25) is 0 Å². The highest BCUT2D eigenvalue weighted by Crippen LogP contribution is 2.38. The summed E-state index contributed by atoms with van der Waals surface area (Å²) in [6.45, 7) is 2.35. The molecule has 1 fully saturated rings. The third-order valence-corrected chi connectivity index (χ3v) is 5.40. The van der Waals surface area contributed by atoms with Crippen LogP contribution in [0, 0.1) is 15.4 Å².